The van der Waals surface area contributed by atoms with Gasteiger partial charge in [0, 0.05) is 37.3 Å². The van der Waals surface area contributed by atoms with E-state index in [-0.39, 0.29) is 17.5 Å². The van der Waals surface area contributed by atoms with Crippen LogP contribution in [-0.4, -0.2) is 49.4 Å². The Labute approximate surface area is 198 Å². The highest BCUT2D eigenvalue weighted by molar-refractivity contribution is 6.07. The quantitative estimate of drug-likeness (QED) is 0.532. The molecule has 0 bridgehead atoms. The Bertz CT molecular complexity index is 1220. The van der Waals surface area contributed by atoms with E-state index in [1.54, 1.807) is 39.6 Å². The molecule has 0 spiro atoms. The zero-order valence-corrected chi connectivity index (χ0v) is 19.8. The van der Waals surface area contributed by atoms with Crippen LogP contribution >= 0.6 is 0 Å². The summed E-state index contributed by atoms with van der Waals surface area (Å²) in [6, 6.07) is 5.24. The molecule has 0 radical (unpaired) electrons. The number of amides is 2. The molecule has 10 nitrogen and oxygen atoms in total. The lowest BCUT2D eigenvalue weighted by Gasteiger charge is -2.18. The number of carbonyl (C=O) groups is 2. The van der Waals surface area contributed by atoms with Crippen molar-refractivity contribution in [1.29, 1.82) is 0 Å². The van der Waals surface area contributed by atoms with E-state index in [0.717, 1.165) is 31.0 Å². The van der Waals surface area contributed by atoms with E-state index in [9.17, 15) is 9.59 Å². The van der Waals surface area contributed by atoms with Crippen LogP contribution in [0.2, 0.25) is 0 Å². The zero-order valence-electron chi connectivity index (χ0n) is 19.8. The molecule has 178 valence electrons. The van der Waals surface area contributed by atoms with Gasteiger partial charge in [-0.2, -0.15) is 10.2 Å². The summed E-state index contributed by atoms with van der Waals surface area (Å²) < 4.78 is 3.27. The van der Waals surface area contributed by atoms with E-state index in [0.29, 0.717) is 23.9 Å². The van der Waals surface area contributed by atoms with Gasteiger partial charge in [-0.1, -0.05) is 19.9 Å². The average molecular weight is 463 g/mol. The number of hydrogen-bond donors (Lipinski definition) is 2. The van der Waals surface area contributed by atoms with Crippen LogP contribution in [0.3, 0.4) is 0 Å². The predicted octanol–water partition coefficient (Wildman–Crippen LogP) is 2.52. The molecule has 10 heteroatoms. The number of aromatic nitrogens is 5. The molecule has 3 aromatic heterocycles. The molecule has 2 N–H and O–H groups in total. The first-order valence-electron chi connectivity index (χ1n) is 11.7. The fourth-order valence-electron chi connectivity index (χ4n) is 4.11. The van der Waals surface area contributed by atoms with Crippen molar-refractivity contribution < 1.29 is 9.59 Å². The third kappa shape index (κ3) is 4.58. The lowest BCUT2D eigenvalue weighted by Crippen LogP contribution is -2.32. The molecule has 0 unspecified atom stereocenters. The van der Waals surface area contributed by atoms with Gasteiger partial charge >= 0.3 is 0 Å². The molecular weight excluding hydrogens is 432 g/mol. The molecule has 3 aromatic rings. The summed E-state index contributed by atoms with van der Waals surface area (Å²) in [6.45, 7) is 6.21. The Hall–Kier alpha value is -3.53. The van der Waals surface area contributed by atoms with Crippen LogP contribution in [0.1, 0.15) is 49.2 Å². The Kier molecular flexibility index (Phi) is 5.68. The highest BCUT2D eigenvalue weighted by Crippen LogP contribution is 2.36. The second-order valence-electron chi connectivity index (χ2n) is 9.83. The smallest absolute Gasteiger partial charge is 0.274 e. The van der Waals surface area contributed by atoms with Crippen molar-refractivity contribution in [2.24, 2.45) is 18.4 Å². The van der Waals surface area contributed by atoms with Crippen LogP contribution in [0.15, 0.2) is 36.8 Å². The number of pyridine rings is 1. The van der Waals surface area contributed by atoms with Gasteiger partial charge in [0.25, 0.3) is 5.91 Å². The van der Waals surface area contributed by atoms with Crippen molar-refractivity contribution in [1.82, 2.24) is 29.9 Å². The molecule has 5 rings (SSSR count). The number of hydrogen-bond acceptors (Lipinski definition) is 6. The van der Waals surface area contributed by atoms with E-state index in [1.165, 1.54) is 12.8 Å². The zero-order chi connectivity index (χ0) is 23.9. The lowest BCUT2D eigenvalue weighted by molar-refractivity contribution is -0.124. The summed E-state index contributed by atoms with van der Waals surface area (Å²) >= 11 is 0. The fourth-order valence-corrected chi connectivity index (χ4v) is 4.11. The summed E-state index contributed by atoms with van der Waals surface area (Å²) in [5, 5.41) is 15.2. The highest BCUT2D eigenvalue weighted by Gasteiger charge is 2.41. The first kappa shape index (κ1) is 22.3. The van der Waals surface area contributed by atoms with Gasteiger partial charge in [0.2, 0.25) is 5.91 Å². The third-order valence-corrected chi connectivity index (χ3v) is 6.39. The average Bonchev–Trinajstić information content (AvgIpc) is 3.28. The van der Waals surface area contributed by atoms with Crippen LogP contribution in [0.25, 0.3) is 5.82 Å². The summed E-state index contributed by atoms with van der Waals surface area (Å²) in [7, 11) is 1.76. The van der Waals surface area contributed by atoms with Crippen LogP contribution < -0.4 is 15.5 Å². The molecule has 4 heterocycles. The molecule has 2 amide bonds. The molecule has 1 saturated carbocycles. The van der Waals surface area contributed by atoms with E-state index in [2.05, 4.69) is 25.8 Å². The minimum atomic E-state index is -0.440. The van der Waals surface area contributed by atoms with Crippen molar-refractivity contribution >= 4 is 23.3 Å². The molecule has 1 aliphatic heterocycles. The van der Waals surface area contributed by atoms with Gasteiger partial charge in [0.1, 0.15) is 11.4 Å². The van der Waals surface area contributed by atoms with Crippen LogP contribution in [0.5, 0.6) is 0 Å². The maximum Gasteiger partial charge on any atom is 0.274 e. The molecule has 2 fully saturated rings. The van der Waals surface area contributed by atoms with E-state index in [1.807, 2.05) is 32.3 Å². The normalized spacial score (nSPS) is 17.4. The van der Waals surface area contributed by atoms with Gasteiger partial charge in [-0.25, -0.2) is 9.67 Å². The van der Waals surface area contributed by atoms with Crippen LogP contribution in [0.4, 0.5) is 11.5 Å². The van der Waals surface area contributed by atoms with Crippen molar-refractivity contribution in [2.45, 2.75) is 39.7 Å². The van der Waals surface area contributed by atoms with E-state index >= 15 is 0 Å². The minimum absolute atomic E-state index is 0.00271. The molecular formula is C24H30N8O2. The maximum absolute atomic E-state index is 13.0. The second-order valence-corrected chi connectivity index (χ2v) is 9.83. The fraction of sp³-hybridized carbons (Fsp3) is 0.458. The first-order valence-corrected chi connectivity index (χ1v) is 11.7. The number of rotatable bonds is 8. The van der Waals surface area contributed by atoms with Crippen LogP contribution in [-0.2, 0) is 18.4 Å². The largest absolute Gasteiger partial charge is 0.316 e. The lowest BCUT2D eigenvalue weighted by atomic mass is 9.92. The van der Waals surface area contributed by atoms with Gasteiger partial charge in [0.15, 0.2) is 11.6 Å². The number of anilines is 2. The minimum Gasteiger partial charge on any atom is -0.316 e. The third-order valence-electron chi connectivity index (χ3n) is 6.39. The molecule has 0 aromatic carbocycles. The van der Waals surface area contributed by atoms with E-state index in [4.69, 9.17) is 0 Å². The number of nitrogens with zero attached hydrogens (tertiary/aromatic N) is 6. The standard InChI is InChI=1S/C24H30N8O2/c1-24(2)9-10-31(23(24)34)21-19(15-30(3)29-21)28-22(33)18-5-4-6-20(27-18)32-14-17(13-26-32)12-25-11-16-7-8-16/h4-6,13-16,25H,7-12H2,1-3H3,(H,28,33). The van der Waals surface area contributed by atoms with Gasteiger partial charge in [0.05, 0.1) is 12.4 Å². The second kappa shape index (κ2) is 8.68. The Morgan fingerprint density at radius 2 is 2.06 bits per heavy atom. The summed E-state index contributed by atoms with van der Waals surface area (Å²) in [5.74, 6) is 1.47. The predicted molar refractivity (Wildman–Crippen MR) is 128 cm³/mol. The summed E-state index contributed by atoms with van der Waals surface area (Å²) in [6.07, 6.45) is 8.80. The van der Waals surface area contributed by atoms with Crippen molar-refractivity contribution in [3.63, 3.8) is 0 Å². The number of carbonyl (C=O) groups excluding carboxylic acids is 2. The van der Waals surface area contributed by atoms with Crippen molar-refractivity contribution in [2.75, 3.05) is 23.3 Å². The van der Waals surface area contributed by atoms with Gasteiger partial charge in [-0.15, -0.1) is 0 Å². The summed E-state index contributed by atoms with van der Waals surface area (Å²) in [4.78, 5) is 32.0. The molecule has 34 heavy (non-hydrogen) atoms. The van der Waals surface area contributed by atoms with Gasteiger partial charge in [-0.3, -0.25) is 19.2 Å². The topological polar surface area (TPSA) is 110 Å². The Morgan fingerprint density at radius 1 is 1.24 bits per heavy atom. The summed E-state index contributed by atoms with van der Waals surface area (Å²) in [5.41, 5.74) is 1.36. The monoisotopic (exact) mass is 462 g/mol. The van der Waals surface area contributed by atoms with Gasteiger partial charge in [-0.05, 0) is 43.9 Å². The SMILES string of the molecule is Cn1cc(NC(=O)c2cccc(-n3cc(CNCC4CC4)cn3)n2)c(N2CCC(C)(C)C2=O)n1. The Balaban J connectivity index is 1.30. The molecule has 0 atom stereocenters. The van der Waals surface area contributed by atoms with Crippen molar-refractivity contribution in [3.05, 3.63) is 48.0 Å². The van der Waals surface area contributed by atoms with E-state index < -0.39 is 5.41 Å². The molecule has 2 aliphatic rings. The van der Waals surface area contributed by atoms with Gasteiger partial charge < -0.3 is 10.6 Å². The van der Waals surface area contributed by atoms with Crippen LogP contribution in [0, 0.1) is 11.3 Å². The Morgan fingerprint density at radius 3 is 2.79 bits per heavy atom. The first-order chi connectivity index (χ1) is 16.3. The molecule has 1 saturated heterocycles. The number of aryl methyl sites for hydroxylation is 1. The van der Waals surface area contributed by atoms with Crippen molar-refractivity contribution in [3.8, 4) is 5.82 Å². The number of nitrogens with one attached hydrogen (secondary N) is 2. The molecule has 1 aliphatic carbocycles. The maximum atomic E-state index is 13.0. The highest BCUT2D eigenvalue weighted by atomic mass is 16.2.